The Morgan fingerprint density at radius 1 is 1.00 bits per heavy atom. The number of benzene rings is 2. The van der Waals surface area contributed by atoms with E-state index in [4.69, 9.17) is 9.29 Å². The zero-order chi connectivity index (χ0) is 27.7. The molecule has 1 saturated heterocycles. The van der Waals surface area contributed by atoms with Gasteiger partial charge in [0.05, 0.1) is 6.61 Å². The fourth-order valence-electron chi connectivity index (χ4n) is 4.71. The van der Waals surface area contributed by atoms with Crippen LogP contribution in [0.4, 0.5) is 0 Å². The average molecular weight is 578 g/mol. The summed E-state index contributed by atoms with van der Waals surface area (Å²) in [6.45, 7) is -0.632. The molecule has 5 atom stereocenters. The van der Waals surface area contributed by atoms with Gasteiger partial charge in [-0.05, 0) is 23.3 Å². The molecule has 2 aromatic carbocycles. The van der Waals surface area contributed by atoms with E-state index < -0.39 is 46.9 Å². The molecule has 0 bridgehead atoms. The van der Waals surface area contributed by atoms with Crippen LogP contribution in [0.5, 0.6) is 0 Å². The van der Waals surface area contributed by atoms with Gasteiger partial charge in [0, 0.05) is 46.5 Å². The molecule has 3 heterocycles. The van der Waals surface area contributed by atoms with Gasteiger partial charge in [-0.25, -0.2) is 4.28 Å². The van der Waals surface area contributed by atoms with Gasteiger partial charge < -0.3 is 35.1 Å². The number of oxime groups is 1. The Labute approximate surface area is 227 Å². The molecule has 0 radical (unpaired) electrons. The predicted molar refractivity (Wildman–Crippen MR) is 145 cm³/mol. The highest BCUT2D eigenvalue weighted by atomic mass is 32.3. The zero-order valence-electron chi connectivity index (χ0n) is 20.3. The summed E-state index contributed by atoms with van der Waals surface area (Å²) in [5.41, 5.74) is 3.15. The maximum absolute atomic E-state index is 11.3. The number of para-hydroxylation sites is 2. The van der Waals surface area contributed by atoms with Crippen LogP contribution in [0.2, 0.25) is 0 Å². The van der Waals surface area contributed by atoms with Crippen LogP contribution < -0.4 is 0 Å². The van der Waals surface area contributed by atoms with Crippen molar-refractivity contribution in [3.63, 3.8) is 0 Å². The minimum absolute atomic E-state index is 0.00307. The summed E-state index contributed by atoms with van der Waals surface area (Å²) in [6, 6.07) is 15.4. The summed E-state index contributed by atoms with van der Waals surface area (Å²) < 4.78 is 41.7. The number of aliphatic hydroxyl groups excluding tert-OH is 4. The van der Waals surface area contributed by atoms with Gasteiger partial charge in [0.15, 0.2) is 0 Å². The molecule has 1 aliphatic heterocycles. The van der Waals surface area contributed by atoms with Crippen LogP contribution >= 0.6 is 11.8 Å². The van der Waals surface area contributed by atoms with E-state index in [0.717, 1.165) is 50.4 Å². The third-order valence-electron chi connectivity index (χ3n) is 6.61. The molecule has 0 amide bonds. The number of aliphatic hydroxyl groups is 4. The molecule has 0 spiro atoms. The summed E-state index contributed by atoms with van der Waals surface area (Å²) in [4.78, 5) is 6.66. The molecule has 2 aromatic heterocycles. The highest BCUT2D eigenvalue weighted by molar-refractivity contribution is 8.14. The largest absolute Gasteiger partial charge is 0.466 e. The lowest BCUT2D eigenvalue weighted by Gasteiger charge is -2.39. The Kier molecular flexibility index (Phi) is 7.98. The summed E-state index contributed by atoms with van der Waals surface area (Å²) in [5, 5.41) is 45.8. The molecule has 1 fully saturated rings. The molecular formula is C25H27N3O9S2. The molecule has 0 saturated carbocycles. The zero-order valence-corrected chi connectivity index (χ0v) is 22.0. The van der Waals surface area contributed by atoms with Crippen molar-refractivity contribution in [1.82, 2.24) is 9.97 Å². The predicted octanol–water partition coefficient (Wildman–Crippen LogP) is 1.45. The molecule has 7 N–H and O–H groups in total. The molecule has 0 aliphatic carbocycles. The normalized spacial score (nSPS) is 24.4. The van der Waals surface area contributed by atoms with Gasteiger partial charge >= 0.3 is 10.4 Å². The van der Waals surface area contributed by atoms with Crippen LogP contribution in [0.15, 0.2) is 59.9 Å². The fourth-order valence-corrected chi connectivity index (χ4v) is 6.02. The molecular weight excluding hydrogens is 550 g/mol. The van der Waals surface area contributed by atoms with E-state index in [2.05, 4.69) is 19.4 Å². The Hall–Kier alpha value is -2.95. The maximum atomic E-state index is 11.3. The van der Waals surface area contributed by atoms with E-state index >= 15 is 0 Å². The van der Waals surface area contributed by atoms with Crippen molar-refractivity contribution < 1.29 is 42.4 Å². The van der Waals surface area contributed by atoms with Crippen LogP contribution in [-0.4, -0.2) is 84.9 Å². The average Bonchev–Trinajstić information content (AvgIpc) is 3.48. The second-order valence-corrected chi connectivity index (χ2v) is 11.3. The van der Waals surface area contributed by atoms with Gasteiger partial charge in [-0.2, -0.15) is 8.42 Å². The second kappa shape index (κ2) is 11.3. The fraction of sp³-hybridized carbons (Fsp3) is 0.320. The Morgan fingerprint density at radius 3 is 2.41 bits per heavy atom. The first-order valence-electron chi connectivity index (χ1n) is 12.0. The molecule has 1 aliphatic rings. The van der Waals surface area contributed by atoms with Crippen molar-refractivity contribution in [2.45, 2.75) is 42.7 Å². The number of aromatic nitrogens is 2. The van der Waals surface area contributed by atoms with Crippen LogP contribution in [0.25, 0.3) is 21.8 Å². The topological polar surface area (TPSA) is 198 Å². The van der Waals surface area contributed by atoms with Gasteiger partial charge in [-0.3, -0.25) is 4.55 Å². The number of H-pyrrole nitrogens is 2. The number of thioether (sulfide) groups is 1. The first-order valence-corrected chi connectivity index (χ1v) is 14.2. The minimum atomic E-state index is -4.95. The van der Waals surface area contributed by atoms with Crippen LogP contribution in [-0.2, 0) is 32.3 Å². The van der Waals surface area contributed by atoms with E-state index in [1.807, 2.05) is 54.7 Å². The van der Waals surface area contributed by atoms with Gasteiger partial charge in [-0.15, -0.1) is 0 Å². The van der Waals surface area contributed by atoms with E-state index in [-0.39, 0.29) is 11.5 Å². The van der Waals surface area contributed by atoms with Gasteiger partial charge in [0.25, 0.3) is 0 Å². The lowest BCUT2D eigenvalue weighted by atomic mass is 10.0. The van der Waals surface area contributed by atoms with Gasteiger partial charge in [-0.1, -0.05) is 53.3 Å². The first kappa shape index (κ1) is 27.6. The molecule has 39 heavy (non-hydrogen) atoms. The van der Waals surface area contributed by atoms with Crippen LogP contribution in [0, 0.1) is 0 Å². The minimum Gasteiger partial charge on any atom is -0.394 e. The van der Waals surface area contributed by atoms with Crippen molar-refractivity contribution in [3.8, 4) is 0 Å². The summed E-state index contributed by atoms with van der Waals surface area (Å²) in [5.74, 6) is 0. The van der Waals surface area contributed by atoms with Crippen molar-refractivity contribution in [2.75, 3.05) is 6.61 Å². The molecule has 12 nitrogen and oxygen atoms in total. The van der Waals surface area contributed by atoms with Gasteiger partial charge in [0.1, 0.15) is 34.9 Å². The van der Waals surface area contributed by atoms with Crippen molar-refractivity contribution in [3.05, 3.63) is 71.5 Å². The highest BCUT2D eigenvalue weighted by Gasteiger charge is 2.44. The lowest BCUT2D eigenvalue weighted by molar-refractivity contribution is -0.205. The molecule has 14 heteroatoms. The third kappa shape index (κ3) is 5.97. The van der Waals surface area contributed by atoms with Crippen molar-refractivity contribution in [2.24, 2.45) is 5.16 Å². The summed E-state index contributed by atoms with van der Waals surface area (Å²) >= 11 is 0.740. The SMILES string of the molecule is O=S(=O)(O)O/N=C(\Cc1c(Cc2c[nH]c3ccccc23)[nH]c2ccccc12)S[C@@H]1O[C@H](CO)[C@@H](O)[C@H](O)[C@H]1O. The number of fused-ring (bicyclic) bond motifs is 2. The Morgan fingerprint density at radius 2 is 1.69 bits per heavy atom. The number of hydrogen-bond acceptors (Lipinski definition) is 10. The van der Waals surface area contributed by atoms with Gasteiger partial charge in [0.2, 0.25) is 0 Å². The first-order chi connectivity index (χ1) is 18.6. The monoisotopic (exact) mass is 577 g/mol. The Balaban J connectivity index is 1.51. The van der Waals surface area contributed by atoms with Crippen molar-refractivity contribution in [1.29, 1.82) is 0 Å². The molecule has 208 valence electrons. The van der Waals surface area contributed by atoms with E-state index in [0.29, 0.717) is 6.42 Å². The van der Waals surface area contributed by atoms with Crippen LogP contribution in [0.3, 0.4) is 0 Å². The lowest BCUT2D eigenvalue weighted by Crippen LogP contribution is -2.57. The third-order valence-corrected chi connectivity index (χ3v) is 7.98. The molecule has 5 rings (SSSR count). The van der Waals surface area contributed by atoms with E-state index in [1.165, 1.54) is 0 Å². The number of nitrogens with one attached hydrogen (secondary N) is 2. The molecule has 0 unspecified atom stereocenters. The van der Waals surface area contributed by atoms with E-state index in [9.17, 15) is 28.8 Å². The number of hydrogen-bond donors (Lipinski definition) is 7. The quantitative estimate of drug-likeness (QED) is 0.0696. The van der Waals surface area contributed by atoms with E-state index in [1.54, 1.807) is 0 Å². The van der Waals surface area contributed by atoms with Crippen LogP contribution in [0.1, 0.15) is 16.8 Å². The summed E-state index contributed by atoms with van der Waals surface area (Å²) in [6.07, 6.45) is -3.57. The number of aromatic amines is 2. The van der Waals surface area contributed by atoms with Crippen molar-refractivity contribution >= 4 is 49.0 Å². The maximum Gasteiger partial charge on any atom is 0.466 e. The second-order valence-electron chi connectivity index (χ2n) is 9.14. The number of rotatable bonds is 8. The smallest absolute Gasteiger partial charge is 0.394 e. The summed E-state index contributed by atoms with van der Waals surface area (Å²) in [7, 11) is -4.95. The Bertz CT molecular complexity index is 1600. The highest BCUT2D eigenvalue weighted by Crippen LogP contribution is 2.33. The molecule has 4 aromatic rings. The number of ether oxygens (including phenoxy) is 1. The number of nitrogens with zero attached hydrogens (tertiary/aromatic N) is 1. The standard InChI is InChI=1S/C25H27N3O9S2/c29-12-20-22(30)23(31)24(32)25(36-20)38-21(28-37-39(33,34)35)10-16-15-6-2-4-8-18(15)27-19(16)9-13-11-26-17-7-3-1-5-14(13)17/h1-8,11,20,22-27,29-32H,9-10,12H2,(H,33,34,35)/b28-21+/t20-,22-,23+,24-,25+/m1/s1.